The van der Waals surface area contributed by atoms with E-state index in [1.165, 1.54) is 45.1 Å². The molecule has 0 N–H and O–H groups in total. The highest BCUT2D eigenvalue weighted by Gasteiger charge is 1.98. The van der Waals surface area contributed by atoms with E-state index in [1.807, 2.05) is 6.92 Å². The van der Waals surface area contributed by atoms with Gasteiger partial charge in [-0.2, -0.15) is 0 Å². The van der Waals surface area contributed by atoms with E-state index in [4.69, 9.17) is 9.47 Å². The average molecular weight is 259 g/mol. The first-order valence-electron chi connectivity index (χ1n) is 7.65. The minimum atomic E-state index is 0.720. The number of ether oxygens (including phenoxy) is 2. The standard InChI is InChI=1S/C15H33NO2/c1-4-6-7-8-9-10-11-16(3)12-13-18-15-14-17-5-2/h4-15H2,1-3H3. The lowest BCUT2D eigenvalue weighted by Crippen LogP contribution is -2.24. The van der Waals surface area contributed by atoms with E-state index in [1.54, 1.807) is 0 Å². The van der Waals surface area contributed by atoms with Crippen LogP contribution < -0.4 is 0 Å². The fraction of sp³-hybridized carbons (Fsp3) is 1.00. The van der Waals surface area contributed by atoms with Crippen molar-refractivity contribution in [2.75, 3.05) is 46.6 Å². The molecule has 0 amide bonds. The second-order valence-electron chi connectivity index (χ2n) is 4.88. The van der Waals surface area contributed by atoms with Crippen molar-refractivity contribution < 1.29 is 9.47 Å². The molecule has 0 heterocycles. The maximum atomic E-state index is 5.50. The predicted octanol–water partition coefficient (Wildman–Crippen LogP) is 3.33. The summed E-state index contributed by atoms with van der Waals surface area (Å²) in [5, 5.41) is 0. The Morgan fingerprint density at radius 3 is 2.11 bits per heavy atom. The van der Waals surface area contributed by atoms with E-state index in [9.17, 15) is 0 Å². The highest BCUT2D eigenvalue weighted by Crippen LogP contribution is 2.05. The van der Waals surface area contributed by atoms with Gasteiger partial charge in [-0.15, -0.1) is 0 Å². The first-order chi connectivity index (χ1) is 8.81. The number of nitrogens with zero attached hydrogens (tertiary/aromatic N) is 1. The molecule has 0 radical (unpaired) electrons. The van der Waals surface area contributed by atoms with Crippen LogP contribution in [0.1, 0.15) is 52.4 Å². The Morgan fingerprint density at radius 2 is 1.39 bits per heavy atom. The van der Waals surface area contributed by atoms with Crippen molar-refractivity contribution in [2.24, 2.45) is 0 Å². The van der Waals surface area contributed by atoms with E-state index in [-0.39, 0.29) is 0 Å². The molecule has 110 valence electrons. The van der Waals surface area contributed by atoms with Crippen LogP contribution in [0.3, 0.4) is 0 Å². The molecule has 0 spiro atoms. The second kappa shape index (κ2) is 14.9. The van der Waals surface area contributed by atoms with Crippen LogP contribution in [-0.4, -0.2) is 51.5 Å². The molecule has 0 unspecified atom stereocenters. The van der Waals surface area contributed by atoms with Gasteiger partial charge >= 0.3 is 0 Å². The summed E-state index contributed by atoms with van der Waals surface area (Å²) in [5.74, 6) is 0. The lowest BCUT2D eigenvalue weighted by Gasteiger charge is -2.16. The van der Waals surface area contributed by atoms with Crippen LogP contribution in [0.15, 0.2) is 0 Å². The summed E-state index contributed by atoms with van der Waals surface area (Å²) in [7, 11) is 2.18. The lowest BCUT2D eigenvalue weighted by atomic mass is 10.1. The molecule has 0 aromatic heterocycles. The van der Waals surface area contributed by atoms with Gasteiger partial charge in [-0.25, -0.2) is 0 Å². The van der Waals surface area contributed by atoms with Crippen molar-refractivity contribution in [1.82, 2.24) is 4.90 Å². The molecule has 0 aromatic carbocycles. The minimum Gasteiger partial charge on any atom is -0.379 e. The van der Waals surface area contributed by atoms with Gasteiger partial charge in [0.25, 0.3) is 0 Å². The lowest BCUT2D eigenvalue weighted by molar-refractivity contribution is 0.0452. The van der Waals surface area contributed by atoms with Crippen molar-refractivity contribution in [2.45, 2.75) is 52.4 Å². The van der Waals surface area contributed by atoms with Crippen LogP contribution in [0.4, 0.5) is 0 Å². The third kappa shape index (κ3) is 13.9. The zero-order valence-electron chi connectivity index (χ0n) is 12.7. The molecule has 0 aliphatic rings. The van der Waals surface area contributed by atoms with Gasteiger partial charge in [-0.1, -0.05) is 39.0 Å². The minimum absolute atomic E-state index is 0.720. The predicted molar refractivity (Wildman–Crippen MR) is 78.2 cm³/mol. The van der Waals surface area contributed by atoms with Crippen LogP contribution in [-0.2, 0) is 9.47 Å². The smallest absolute Gasteiger partial charge is 0.0701 e. The van der Waals surface area contributed by atoms with Gasteiger partial charge in [0.2, 0.25) is 0 Å². The topological polar surface area (TPSA) is 21.7 Å². The molecule has 0 aromatic rings. The highest BCUT2D eigenvalue weighted by atomic mass is 16.5. The van der Waals surface area contributed by atoms with Gasteiger partial charge < -0.3 is 14.4 Å². The molecule has 0 saturated carbocycles. The zero-order valence-corrected chi connectivity index (χ0v) is 12.7. The summed E-state index contributed by atoms with van der Waals surface area (Å²) in [5.41, 5.74) is 0. The Morgan fingerprint density at radius 1 is 0.722 bits per heavy atom. The van der Waals surface area contributed by atoms with Crippen molar-refractivity contribution in [3.05, 3.63) is 0 Å². The summed E-state index contributed by atoms with van der Waals surface area (Å²) in [6, 6.07) is 0. The Kier molecular flexibility index (Phi) is 14.8. The molecule has 0 atom stereocenters. The van der Waals surface area contributed by atoms with Crippen molar-refractivity contribution in [3.63, 3.8) is 0 Å². The Bertz CT molecular complexity index is 137. The van der Waals surface area contributed by atoms with Gasteiger partial charge in [0.15, 0.2) is 0 Å². The molecular formula is C15H33NO2. The van der Waals surface area contributed by atoms with E-state index in [2.05, 4.69) is 18.9 Å². The quantitative estimate of drug-likeness (QED) is 0.447. The van der Waals surface area contributed by atoms with E-state index >= 15 is 0 Å². The average Bonchev–Trinajstić information content (AvgIpc) is 2.38. The van der Waals surface area contributed by atoms with E-state index in [0.717, 1.165) is 33.0 Å². The fourth-order valence-corrected chi connectivity index (χ4v) is 1.86. The van der Waals surface area contributed by atoms with Gasteiger partial charge in [0.1, 0.15) is 0 Å². The first-order valence-corrected chi connectivity index (χ1v) is 7.65. The van der Waals surface area contributed by atoms with Crippen molar-refractivity contribution in [1.29, 1.82) is 0 Å². The summed E-state index contributed by atoms with van der Waals surface area (Å²) in [6.07, 6.45) is 8.21. The Labute approximate surface area is 114 Å². The highest BCUT2D eigenvalue weighted by molar-refractivity contribution is 4.52. The monoisotopic (exact) mass is 259 g/mol. The molecule has 0 aliphatic heterocycles. The SMILES string of the molecule is CCCCCCCCN(C)CCOCCOCC. The molecule has 0 fully saturated rings. The molecule has 18 heavy (non-hydrogen) atoms. The maximum Gasteiger partial charge on any atom is 0.0701 e. The third-order valence-corrected chi connectivity index (χ3v) is 3.09. The molecule has 0 rings (SSSR count). The van der Waals surface area contributed by atoms with Crippen LogP contribution >= 0.6 is 0 Å². The number of hydrogen-bond donors (Lipinski definition) is 0. The van der Waals surface area contributed by atoms with Crippen LogP contribution in [0.5, 0.6) is 0 Å². The molecule has 0 saturated heterocycles. The summed E-state index contributed by atoms with van der Waals surface area (Å²) in [6.45, 7) is 9.53. The normalized spacial score (nSPS) is 11.3. The number of unbranched alkanes of at least 4 members (excludes halogenated alkanes) is 5. The Balaban J connectivity index is 3.10. The Hall–Kier alpha value is -0.120. The molecule has 0 bridgehead atoms. The van der Waals surface area contributed by atoms with Crippen LogP contribution in [0, 0.1) is 0 Å². The summed E-state index contributed by atoms with van der Waals surface area (Å²) < 4.78 is 10.7. The molecule has 3 heteroatoms. The van der Waals surface area contributed by atoms with Crippen LogP contribution in [0.25, 0.3) is 0 Å². The first kappa shape index (κ1) is 17.9. The van der Waals surface area contributed by atoms with Gasteiger partial charge in [-0.3, -0.25) is 0 Å². The van der Waals surface area contributed by atoms with E-state index < -0.39 is 0 Å². The molecule has 0 aliphatic carbocycles. The van der Waals surface area contributed by atoms with E-state index in [0.29, 0.717) is 0 Å². The fourth-order valence-electron chi connectivity index (χ4n) is 1.86. The second-order valence-corrected chi connectivity index (χ2v) is 4.88. The largest absolute Gasteiger partial charge is 0.379 e. The molecular weight excluding hydrogens is 226 g/mol. The zero-order chi connectivity index (χ0) is 13.5. The summed E-state index contributed by atoms with van der Waals surface area (Å²) >= 11 is 0. The van der Waals surface area contributed by atoms with Gasteiger partial charge in [-0.05, 0) is 26.9 Å². The number of likely N-dealkylation sites (N-methyl/N-ethyl adjacent to an activating group) is 1. The van der Waals surface area contributed by atoms with Crippen molar-refractivity contribution in [3.8, 4) is 0 Å². The van der Waals surface area contributed by atoms with Gasteiger partial charge in [0.05, 0.1) is 19.8 Å². The van der Waals surface area contributed by atoms with Crippen molar-refractivity contribution >= 4 is 0 Å². The number of hydrogen-bond acceptors (Lipinski definition) is 3. The van der Waals surface area contributed by atoms with Crippen LogP contribution in [0.2, 0.25) is 0 Å². The number of rotatable bonds is 14. The maximum absolute atomic E-state index is 5.50. The molecule has 3 nitrogen and oxygen atoms in total. The third-order valence-electron chi connectivity index (χ3n) is 3.09. The van der Waals surface area contributed by atoms with Gasteiger partial charge in [0, 0.05) is 13.2 Å². The summed E-state index contributed by atoms with van der Waals surface area (Å²) in [4.78, 5) is 2.36.